The highest BCUT2D eigenvalue weighted by molar-refractivity contribution is 5.83. The summed E-state index contributed by atoms with van der Waals surface area (Å²) in [6, 6.07) is -1.08. The second kappa shape index (κ2) is 6.39. The van der Waals surface area contributed by atoms with E-state index in [1.54, 1.807) is 11.0 Å². The third kappa shape index (κ3) is 3.01. The molecule has 1 heterocycles. The van der Waals surface area contributed by atoms with E-state index in [2.05, 4.69) is 6.58 Å². The Morgan fingerprint density at radius 3 is 2.72 bits per heavy atom. The van der Waals surface area contributed by atoms with Crippen molar-refractivity contribution in [1.29, 1.82) is 0 Å². The maximum atomic E-state index is 12.2. The lowest BCUT2D eigenvalue weighted by Crippen LogP contribution is -2.48. The fourth-order valence-corrected chi connectivity index (χ4v) is 2.09. The molecule has 0 aliphatic carbocycles. The summed E-state index contributed by atoms with van der Waals surface area (Å²) < 4.78 is 5.15. The number of likely N-dealkylation sites (tertiary alicyclic amines) is 1. The number of ether oxygens (including phenoxy) is 1. The van der Waals surface area contributed by atoms with Crippen molar-refractivity contribution in [3.05, 3.63) is 12.7 Å². The van der Waals surface area contributed by atoms with Crippen LogP contribution in [0.25, 0.3) is 0 Å². The van der Waals surface area contributed by atoms with Crippen molar-refractivity contribution in [2.24, 2.45) is 0 Å². The highest BCUT2D eigenvalue weighted by Gasteiger charge is 2.41. The Kier molecular flexibility index (Phi) is 5.15. The molecule has 18 heavy (non-hydrogen) atoms. The van der Waals surface area contributed by atoms with Crippen LogP contribution in [0.4, 0.5) is 4.79 Å². The molecular weight excluding hydrogens is 236 g/mol. The molecule has 1 N–H and O–H groups in total. The fraction of sp³-hybridized carbons (Fsp3) is 0.667. The lowest BCUT2D eigenvalue weighted by Gasteiger charge is -2.28. The number of urea groups is 1. The Morgan fingerprint density at radius 1 is 1.61 bits per heavy atom. The third-order valence-electron chi connectivity index (χ3n) is 3.13. The van der Waals surface area contributed by atoms with Crippen LogP contribution in [0, 0.1) is 0 Å². The minimum atomic E-state index is -0.988. The van der Waals surface area contributed by atoms with Gasteiger partial charge in [0.15, 0.2) is 0 Å². The van der Waals surface area contributed by atoms with Crippen LogP contribution in [-0.4, -0.2) is 65.8 Å². The van der Waals surface area contributed by atoms with Crippen molar-refractivity contribution >= 4 is 12.0 Å². The first-order valence-electron chi connectivity index (χ1n) is 5.97. The van der Waals surface area contributed by atoms with Gasteiger partial charge in [0.25, 0.3) is 0 Å². The second-order valence-corrected chi connectivity index (χ2v) is 4.21. The van der Waals surface area contributed by atoms with Crippen LogP contribution in [0.2, 0.25) is 0 Å². The standard InChI is InChI=1S/C12H20N2O4/c1-4-6-13(5-2)12(17)14-8-9(18-3)7-10(14)11(15)16/h4,9-10H,1,5-8H2,2-3H3,(H,15,16). The number of carbonyl (C=O) groups is 2. The highest BCUT2D eigenvalue weighted by atomic mass is 16.5. The molecule has 1 rings (SSSR count). The Bertz CT molecular complexity index is 332. The summed E-state index contributed by atoms with van der Waals surface area (Å²) in [4.78, 5) is 26.3. The predicted octanol–water partition coefficient (Wildman–Crippen LogP) is 0.788. The van der Waals surface area contributed by atoms with Gasteiger partial charge in [-0.25, -0.2) is 9.59 Å². The summed E-state index contributed by atoms with van der Waals surface area (Å²) in [6.45, 7) is 6.69. The van der Waals surface area contributed by atoms with Gasteiger partial charge in [0.1, 0.15) is 6.04 Å². The lowest BCUT2D eigenvalue weighted by molar-refractivity contribution is -0.141. The number of amides is 2. The minimum absolute atomic E-state index is 0.211. The van der Waals surface area contributed by atoms with Crippen molar-refractivity contribution in [1.82, 2.24) is 9.80 Å². The number of carbonyl (C=O) groups excluding carboxylic acids is 1. The molecule has 2 atom stereocenters. The normalized spacial score (nSPS) is 22.9. The van der Waals surface area contributed by atoms with Gasteiger partial charge in [0, 0.05) is 33.2 Å². The summed E-state index contributed by atoms with van der Waals surface area (Å²) in [6.07, 6.45) is 1.75. The van der Waals surface area contributed by atoms with E-state index in [0.29, 0.717) is 26.1 Å². The first-order valence-corrected chi connectivity index (χ1v) is 5.97. The van der Waals surface area contributed by atoms with Crippen LogP contribution in [0.15, 0.2) is 12.7 Å². The monoisotopic (exact) mass is 256 g/mol. The number of likely N-dealkylation sites (N-methyl/N-ethyl adjacent to an activating group) is 1. The van der Waals surface area contributed by atoms with Crippen molar-refractivity contribution in [3.63, 3.8) is 0 Å². The molecule has 0 aromatic rings. The van der Waals surface area contributed by atoms with Gasteiger partial charge in [-0.05, 0) is 6.92 Å². The van der Waals surface area contributed by atoms with E-state index in [1.165, 1.54) is 12.0 Å². The zero-order valence-corrected chi connectivity index (χ0v) is 10.8. The zero-order valence-electron chi connectivity index (χ0n) is 10.8. The number of carboxylic acids is 1. The molecule has 102 valence electrons. The van der Waals surface area contributed by atoms with E-state index < -0.39 is 12.0 Å². The van der Waals surface area contributed by atoms with E-state index in [0.717, 1.165) is 0 Å². The first kappa shape index (κ1) is 14.5. The molecule has 0 radical (unpaired) electrons. The molecule has 1 aliphatic rings. The lowest BCUT2D eigenvalue weighted by atomic mass is 10.2. The van der Waals surface area contributed by atoms with Crippen LogP contribution in [0.5, 0.6) is 0 Å². The van der Waals surface area contributed by atoms with E-state index in [1.807, 2.05) is 6.92 Å². The number of methoxy groups -OCH3 is 1. The molecule has 0 bridgehead atoms. The van der Waals surface area contributed by atoms with Gasteiger partial charge >= 0.3 is 12.0 Å². The van der Waals surface area contributed by atoms with E-state index in [9.17, 15) is 9.59 Å². The largest absolute Gasteiger partial charge is 0.480 e. The molecule has 0 saturated carbocycles. The second-order valence-electron chi connectivity index (χ2n) is 4.21. The number of hydrogen-bond donors (Lipinski definition) is 1. The third-order valence-corrected chi connectivity index (χ3v) is 3.13. The topological polar surface area (TPSA) is 70.1 Å². The predicted molar refractivity (Wildman–Crippen MR) is 66.4 cm³/mol. The van der Waals surface area contributed by atoms with E-state index in [4.69, 9.17) is 9.84 Å². The summed E-state index contributed by atoms with van der Waals surface area (Å²) in [5.41, 5.74) is 0. The van der Waals surface area contributed by atoms with Gasteiger partial charge < -0.3 is 19.6 Å². The molecule has 6 nitrogen and oxygen atoms in total. The van der Waals surface area contributed by atoms with Gasteiger partial charge in [-0.1, -0.05) is 6.08 Å². The number of nitrogens with zero attached hydrogens (tertiary/aromatic N) is 2. The average molecular weight is 256 g/mol. The van der Waals surface area contributed by atoms with Crippen LogP contribution in [0.3, 0.4) is 0 Å². The van der Waals surface area contributed by atoms with Crippen LogP contribution in [-0.2, 0) is 9.53 Å². The van der Waals surface area contributed by atoms with Crippen molar-refractivity contribution < 1.29 is 19.4 Å². The quantitative estimate of drug-likeness (QED) is 0.738. The van der Waals surface area contributed by atoms with E-state index in [-0.39, 0.29) is 12.1 Å². The fourth-order valence-electron chi connectivity index (χ4n) is 2.09. The number of rotatable bonds is 5. The molecule has 6 heteroatoms. The number of carboxylic acid groups (broad SMARTS) is 1. The van der Waals surface area contributed by atoms with E-state index >= 15 is 0 Å². The smallest absolute Gasteiger partial charge is 0.326 e. The Hall–Kier alpha value is -1.56. The van der Waals surface area contributed by atoms with Gasteiger partial charge in [0.05, 0.1) is 6.10 Å². The summed E-state index contributed by atoms with van der Waals surface area (Å²) in [5, 5.41) is 9.14. The molecule has 2 amide bonds. The van der Waals surface area contributed by atoms with Gasteiger partial charge in [-0.3, -0.25) is 0 Å². The maximum Gasteiger partial charge on any atom is 0.326 e. The van der Waals surface area contributed by atoms with Crippen LogP contribution in [0.1, 0.15) is 13.3 Å². The molecular formula is C12H20N2O4. The van der Waals surface area contributed by atoms with Crippen LogP contribution < -0.4 is 0 Å². The zero-order chi connectivity index (χ0) is 13.7. The van der Waals surface area contributed by atoms with Gasteiger partial charge in [0.2, 0.25) is 0 Å². The summed E-state index contributed by atoms with van der Waals surface area (Å²) in [7, 11) is 1.53. The molecule has 1 fully saturated rings. The highest BCUT2D eigenvalue weighted by Crippen LogP contribution is 2.21. The summed E-state index contributed by atoms with van der Waals surface area (Å²) in [5.74, 6) is -0.988. The van der Waals surface area contributed by atoms with Crippen molar-refractivity contribution in [2.45, 2.75) is 25.5 Å². The summed E-state index contributed by atoms with van der Waals surface area (Å²) >= 11 is 0. The molecule has 0 aromatic carbocycles. The molecule has 0 spiro atoms. The number of hydrogen-bond acceptors (Lipinski definition) is 3. The SMILES string of the molecule is C=CCN(CC)C(=O)N1CC(OC)CC1C(=O)O. The van der Waals surface area contributed by atoms with Gasteiger partial charge in [-0.2, -0.15) is 0 Å². The van der Waals surface area contributed by atoms with Crippen LogP contribution >= 0.6 is 0 Å². The van der Waals surface area contributed by atoms with Gasteiger partial charge in [-0.15, -0.1) is 6.58 Å². The minimum Gasteiger partial charge on any atom is -0.480 e. The Labute approximate surface area is 107 Å². The Morgan fingerprint density at radius 2 is 2.28 bits per heavy atom. The molecule has 2 unspecified atom stereocenters. The molecule has 1 saturated heterocycles. The Balaban J connectivity index is 2.81. The first-order chi connectivity index (χ1) is 8.54. The van der Waals surface area contributed by atoms with Crippen molar-refractivity contribution in [2.75, 3.05) is 26.7 Å². The molecule has 0 aromatic heterocycles. The molecule has 1 aliphatic heterocycles. The maximum absolute atomic E-state index is 12.2. The van der Waals surface area contributed by atoms with Crippen molar-refractivity contribution in [3.8, 4) is 0 Å². The number of aliphatic carboxylic acids is 1. The average Bonchev–Trinajstić information content (AvgIpc) is 2.79.